The summed E-state index contributed by atoms with van der Waals surface area (Å²) in [4.78, 5) is 68.9. The number of amides is 3. The summed E-state index contributed by atoms with van der Waals surface area (Å²) in [5.74, 6) is 0.528. The van der Waals surface area contributed by atoms with Crippen molar-refractivity contribution in [2.45, 2.75) is 74.1 Å². The Bertz CT molecular complexity index is 2770. The van der Waals surface area contributed by atoms with Crippen LogP contribution >= 0.6 is 27.5 Å². The Kier molecular flexibility index (Phi) is 18.5. The Hall–Kier alpha value is -6.20. The van der Waals surface area contributed by atoms with Crippen molar-refractivity contribution >= 4 is 96.2 Å². The van der Waals surface area contributed by atoms with Gasteiger partial charge in [0, 0.05) is 93.1 Å². The molecule has 3 N–H and O–H groups in total. The van der Waals surface area contributed by atoms with Crippen molar-refractivity contribution in [1.82, 2.24) is 29.7 Å². The molecule has 0 aliphatic rings. The summed E-state index contributed by atoms with van der Waals surface area (Å²) in [7, 11) is 4.55. The fourth-order valence-electron chi connectivity index (χ4n) is 7.13. The minimum absolute atomic E-state index is 0.0224. The van der Waals surface area contributed by atoms with Crippen molar-refractivity contribution in [3.05, 3.63) is 87.0 Å². The highest BCUT2D eigenvalue weighted by atomic mass is 79.9. The first-order valence-electron chi connectivity index (χ1n) is 21.1. The normalized spacial score (nSPS) is 11.0. The molecule has 15 nitrogen and oxygen atoms in total. The number of rotatable bonds is 14. The van der Waals surface area contributed by atoms with Crippen LogP contribution < -0.4 is 30.2 Å². The van der Waals surface area contributed by atoms with Crippen LogP contribution in [0, 0.1) is 11.2 Å². The molecule has 0 saturated carbocycles. The van der Waals surface area contributed by atoms with Gasteiger partial charge in [0.1, 0.15) is 11.5 Å². The highest BCUT2D eigenvalue weighted by molar-refractivity contribution is 9.10. The van der Waals surface area contributed by atoms with Crippen LogP contribution in [-0.4, -0.2) is 90.6 Å². The second-order valence-corrected chi connectivity index (χ2v) is 17.5. The van der Waals surface area contributed by atoms with Crippen LogP contribution in [0.4, 0.5) is 4.39 Å². The zero-order valence-corrected chi connectivity index (χ0v) is 41.2. The second-order valence-electron chi connectivity index (χ2n) is 16.2. The largest absolute Gasteiger partial charge is 0.496 e. The SMILES string of the molecule is CCC(=O)n1cc(CCNC(C)=O)c2cc(OC)c(F)cc21.COc1cc2c(CCNC(C)=O)cn(C(C)=O)c2cc1Cl.COc1cc2c(CCNC=O)cn(C(=O)C(C)(C)C)c2cc1Br. The van der Waals surface area contributed by atoms with Crippen molar-refractivity contribution in [2.24, 2.45) is 5.41 Å². The number of hydrogen-bond acceptors (Lipinski definition) is 9. The lowest BCUT2D eigenvalue weighted by Crippen LogP contribution is -2.26. The quantitative estimate of drug-likeness (QED) is 0.0712. The molecule has 6 rings (SSSR count). The number of benzene rings is 3. The summed E-state index contributed by atoms with van der Waals surface area (Å²) in [6.45, 7) is 13.3. The van der Waals surface area contributed by atoms with Gasteiger partial charge >= 0.3 is 0 Å². The molecule has 0 unspecified atom stereocenters. The molecule has 3 heterocycles. The third-order valence-electron chi connectivity index (χ3n) is 10.4. The van der Waals surface area contributed by atoms with Gasteiger partial charge in [-0.05, 0) is 82.2 Å². The van der Waals surface area contributed by atoms with E-state index in [0.717, 1.165) is 48.4 Å². The van der Waals surface area contributed by atoms with E-state index in [-0.39, 0.29) is 35.3 Å². The van der Waals surface area contributed by atoms with Gasteiger partial charge in [-0.2, -0.15) is 0 Å². The first kappa shape index (κ1) is 52.4. The number of hydrogen-bond donors (Lipinski definition) is 3. The Balaban J connectivity index is 0.000000217. The molecule has 0 aliphatic heterocycles. The molecule has 0 aliphatic carbocycles. The first-order valence-corrected chi connectivity index (χ1v) is 22.2. The topological polar surface area (TPSA) is 181 Å². The molecule has 0 radical (unpaired) electrons. The second kappa shape index (κ2) is 23.3. The monoisotopic (exact) mass is 994 g/mol. The number of carbonyl (C=O) groups excluding carboxylic acids is 6. The van der Waals surface area contributed by atoms with Crippen molar-refractivity contribution in [2.75, 3.05) is 41.0 Å². The van der Waals surface area contributed by atoms with E-state index in [2.05, 4.69) is 31.9 Å². The zero-order valence-electron chi connectivity index (χ0n) is 38.9. The minimum atomic E-state index is -0.508. The number of carbonyl (C=O) groups is 6. The van der Waals surface area contributed by atoms with Gasteiger partial charge in [0.2, 0.25) is 35.9 Å². The smallest absolute Gasteiger partial charge is 0.236 e. The molecular formula is C48H57BrClFN6O9. The lowest BCUT2D eigenvalue weighted by molar-refractivity contribution is -0.119. The van der Waals surface area contributed by atoms with Crippen LogP contribution in [0.3, 0.4) is 0 Å². The van der Waals surface area contributed by atoms with Crippen LogP contribution in [0.25, 0.3) is 32.7 Å². The fraction of sp³-hybridized carbons (Fsp3) is 0.375. The molecule has 0 saturated heterocycles. The maximum atomic E-state index is 13.9. The summed E-state index contributed by atoms with van der Waals surface area (Å²) >= 11 is 9.60. The van der Waals surface area contributed by atoms with E-state index in [1.54, 1.807) is 54.8 Å². The van der Waals surface area contributed by atoms with Gasteiger partial charge in [-0.3, -0.25) is 42.5 Å². The van der Waals surface area contributed by atoms with Gasteiger partial charge in [-0.15, -0.1) is 0 Å². The van der Waals surface area contributed by atoms with Gasteiger partial charge in [0.15, 0.2) is 11.6 Å². The van der Waals surface area contributed by atoms with Gasteiger partial charge < -0.3 is 30.2 Å². The molecular weight excluding hydrogens is 939 g/mol. The molecule has 3 aromatic heterocycles. The molecule has 3 amide bonds. The summed E-state index contributed by atoms with van der Waals surface area (Å²) < 4.78 is 35.0. The number of nitrogens with one attached hydrogen (secondary N) is 3. The lowest BCUT2D eigenvalue weighted by atomic mass is 9.95. The number of methoxy groups -OCH3 is 3. The van der Waals surface area contributed by atoms with Crippen LogP contribution in [0.15, 0.2) is 59.5 Å². The van der Waals surface area contributed by atoms with Crippen molar-refractivity contribution in [1.29, 1.82) is 0 Å². The number of fused-ring (bicyclic) bond motifs is 3. The average Bonchev–Trinajstić information content (AvgIpc) is 3.92. The van der Waals surface area contributed by atoms with E-state index < -0.39 is 11.2 Å². The molecule has 18 heteroatoms. The third kappa shape index (κ3) is 12.8. The maximum Gasteiger partial charge on any atom is 0.236 e. The molecule has 0 bridgehead atoms. The molecule has 66 heavy (non-hydrogen) atoms. The number of aromatic nitrogens is 3. The van der Waals surface area contributed by atoms with Crippen molar-refractivity contribution in [3.8, 4) is 17.2 Å². The number of ether oxygens (including phenoxy) is 3. The summed E-state index contributed by atoms with van der Waals surface area (Å²) in [6, 6.07) is 10.3. The molecule has 354 valence electrons. The van der Waals surface area contributed by atoms with Crippen molar-refractivity contribution in [3.63, 3.8) is 0 Å². The van der Waals surface area contributed by atoms with E-state index in [4.69, 9.17) is 25.8 Å². The third-order valence-corrected chi connectivity index (χ3v) is 11.3. The van der Waals surface area contributed by atoms with Crippen LogP contribution in [-0.2, 0) is 33.6 Å². The Labute approximate surface area is 396 Å². The van der Waals surface area contributed by atoms with Gasteiger partial charge in [0.25, 0.3) is 0 Å². The van der Waals surface area contributed by atoms with E-state index in [0.29, 0.717) is 73.8 Å². The summed E-state index contributed by atoms with van der Waals surface area (Å²) in [5.41, 5.74) is 4.43. The van der Waals surface area contributed by atoms with E-state index in [9.17, 15) is 33.2 Å². The summed E-state index contributed by atoms with van der Waals surface area (Å²) in [6.07, 6.45) is 8.16. The minimum Gasteiger partial charge on any atom is -0.496 e. The molecule has 3 aromatic carbocycles. The molecule has 0 atom stereocenters. The van der Waals surface area contributed by atoms with E-state index >= 15 is 0 Å². The van der Waals surface area contributed by atoms with Gasteiger partial charge in [0.05, 0.1) is 47.4 Å². The molecule has 0 spiro atoms. The standard InChI is InChI=1S/C17H21BrN2O3.C16H19FN2O3.C15H17ClN2O3/c1-17(2,3)16(22)20-9-11(5-6-19-10-21)12-7-15(23-4)13(18)8-14(12)20;1-4-16(21)19-9-11(5-6-18-10(2)20)12-7-15(22-3)13(17)8-14(12)19;1-9(19)17-5-4-11-8-18(10(2)20)14-7-13(16)15(21-3)6-12(11)14/h7-10H,5-6H2,1-4H3,(H,19,21);7-9H,4-6H2,1-3H3,(H,18,20);6-8H,4-5H2,1-3H3,(H,17,19). The summed E-state index contributed by atoms with van der Waals surface area (Å²) in [5, 5.41) is 11.2. The Morgan fingerprint density at radius 3 is 1.61 bits per heavy atom. The van der Waals surface area contributed by atoms with Crippen molar-refractivity contribution < 1.29 is 47.4 Å². The fourth-order valence-corrected chi connectivity index (χ4v) is 7.86. The van der Waals surface area contributed by atoms with Crippen LogP contribution in [0.5, 0.6) is 17.2 Å². The Morgan fingerprint density at radius 1 is 0.682 bits per heavy atom. The molecule has 0 fully saturated rings. The van der Waals surface area contributed by atoms with Gasteiger partial charge in [-0.1, -0.05) is 39.3 Å². The average molecular weight is 996 g/mol. The predicted molar refractivity (Wildman–Crippen MR) is 258 cm³/mol. The zero-order chi connectivity index (χ0) is 49.0. The van der Waals surface area contributed by atoms with E-state index in [1.165, 1.54) is 38.5 Å². The van der Waals surface area contributed by atoms with E-state index in [1.807, 2.05) is 45.2 Å². The van der Waals surface area contributed by atoms with Crippen LogP contribution in [0.1, 0.15) is 86.0 Å². The van der Waals surface area contributed by atoms with Gasteiger partial charge in [-0.25, -0.2) is 4.39 Å². The van der Waals surface area contributed by atoms with Crippen LogP contribution in [0.2, 0.25) is 5.02 Å². The number of nitrogens with zero attached hydrogens (tertiary/aromatic N) is 3. The maximum absolute atomic E-state index is 13.9. The molecule has 6 aromatic rings. The first-order chi connectivity index (χ1) is 31.2. The lowest BCUT2D eigenvalue weighted by Gasteiger charge is -2.18. The highest BCUT2D eigenvalue weighted by Gasteiger charge is 2.26. The predicted octanol–water partition coefficient (Wildman–Crippen LogP) is 8.55. The Morgan fingerprint density at radius 2 is 1.14 bits per heavy atom. The number of halogens is 3. The highest BCUT2D eigenvalue weighted by Crippen LogP contribution is 2.36.